The Kier molecular flexibility index (Phi) is 3.97. The van der Waals surface area contributed by atoms with Crippen molar-refractivity contribution in [1.82, 2.24) is 24.4 Å². The second-order valence-electron chi connectivity index (χ2n) is 7.82. The number of rotatable bonds is 3. The molecule has 1 saturated carbocycles. The number of aliphatic hydroxyl groups is 1. The average molecular weight is 365 g/mol. The molecule has 4 atom stereocenters. The molecule has 0 bridgehead atoms. The van der Waals surface area contributed by atoms with Gasteiger partial charge in [0.1, 0.15) is 0 Å². The lowest BCUT2D eigenvalue weighted by molar-refractivity contribution is -0.129. The van der Waals surface area contributed by atoms with Gasteiger partial charge in [0, 0.05) is 25.0 Å². The quantitative estimate of drug-likeness (QED) is 0.741. The molecule has 2 aliphatic rings. The number of benzene rings is 1. The van der Waals surface area contributed by atoms with Crippen molar-refractivity contribution in [3.05, 3.63) is 48.8 Å². The predicted molar refractivity (Wildman–Crippen MR) is 99.9 cm³/mol. The summed E-state index contributed by atoms with van der Waals surface area (Å²) in [4.78, 5) is 26.0. The van der Waals surface area contributed by atoms with Crippen molar-refractivity contribution < 1.29 is 9.90 Å². The molecule has 5 rings (SSSR count). The largest absolute Gasteiger partial charge is 0.391 e. The van der Waals surface area contributed by atoms with E-state index in [4.69, 9.17) is 0 Å². The fourth-order valence-electron chi connectivity index (χ4n) is 4.81. The number of likely N-dealkylation sites (tertiary alicyclic amines) is 1. The number of carbonyl (C=O) groups is 1. The Morgan fingerprint density at radius 3 is 2.85 bits per heavy atom. The number of aromatic amines is 1. The molecule has 1 saturated heterocycles. The number of carbonyl (C=O) groups excluding carboxylic acids is 1. The summed E-state index contributed by atoms with van der Waals surface area (Å²) >= 11 is 0. The number of hydrogen-bond donors (Lipinski definition) is 2. The first kappa shape index (κ1) is 16.5. The first-order valence-corrected chi connectivity index (χ1v) is 9.53. The van der Waals surface area contributed by atoms with E-state index in [-0.39, 0.29) is 11.9 Å². The lowest BCUT2D eigenvalue weighted by Crippen LogP contribution is -2.36. The molecular weight excluding hydrogens is 342 g/mol. The molecule has 1 aliphatic heterocycles. The van der Waals surface area contributed by atoms with Gasteiger partial charge in [-0.1, -0.05) is 12.1 Å². The van der Waals surface area contributed by atoms with Gasteiger partial charge in [-0.05, 0) is 36.8 Å². The van der Waals surface area contributed by atoms with Crippen molar-refractivity contribution in [2.24, 2.45) is 11.8 Å². The molecule has 2 N–H and O–H groups in total. The first-order chi connectivity index (χ1) is 13.2. The third-order valence-corrected chi connectivity index (χ3v) is 6.20. The van der Waals surface area contributed by atoms with Crippen molar-refractivity contribution in [2.45, 2.75) is 31.4 Å². The molecular formula is C20H23N5O2. The Balaban J connectivity index is 1.32. The number of nitrogens with zero attached hydrogens (tertiary/aromatic N) is 4. The summed E-state index contributed by atoms with van der Waals surface area (Å²) in [5, 5.41) is 10.8. The van der Waals surface area contributed by atoms with E-state index in [0.717, 1.165) is 42.7 Å². The molecule has 0 radical (unpaired) electrons. The van der Waals surface area contributed by atoms with Crippen LogP contribution in [0, 0.1) is 11.8 Å². The van der Waals surface area contributed by atoms with E-state index >= 15 is 0 Å². The average Bonchev–Trinajstić information content (AvgIpc) is 3.40. The van der Waals surface area contributed by atoms with Gasteiger partial charge in [-0.3, -0.25) is 4.79 Å². The maximum atomic E-state index is 12.6. The maximum absolute atomic E-state index is 12.6. The van der Waals surface area contributed by atoms with E-state index in [1.54, 1.807) is 12.5 Å². The van der Waals surface area contributed by atoms with E-state index in [1.165, 1.54) is 0 Å². The van der Waals surface area contributed by atoms with Gasteiger partial charge in [-0.2, -0.15) is 0 Å². The van der Waals surface area contributed by atoms with Crippen molar-refractivity contribution in [3.8, 4) is 0 Å². The molecule has 3 heterocycles. The maximum Gasteiger partial charge on any atom is 0.228 e. The van der Waals surface area contributed by atoms with E-state index < -0.39 is 6.10 Å². The molecule has 1 aliphatic carbocycles. The minimum absolute atomic E-state index is 0.0151. The Bertz CT molecular complexity index is 950. The van der Waals surface area contributed by atoms with E-state index in [0.29, 0.717) is 18.3 Å². The van der Waals surface area contributed by atoms with Crippen LogP contribution < -0.4 is 0 Å². The van der Waals surface area contributed by atoms with Crippen LogP contribution in [0.1, 0.15) is 24.6 Å². The van der Waals surface area contributed by atoms with Gasteiger partial charge >= 0.3 is 0 Å². The monoisotopic (exact) mass is 365 g/mol. The Morgan fingerprint density at radius 2 is 2.04 bits per heavy atom. The number of aliphatic hydroxyl groups excluding tert-OH is 1. The first-order valence-electron chi connectivity index (χ1n) is 9.53. The van der Waals surface area contributed by atoms with Crippen LogP contribution in [-0.2, 0) is 11.2 Å². The molecule has 0 unspecified atom stereocenters. The topological polar surface area (TPSA) is 87.0 Å². The summed E-state index contributed by atoms with van der Waals surface area (Å²) in [5.74, 6) is 0.926. The van der Waals surface area contributed by atoms with E-state index in [9.17, 15) is 9.90 Å². The lowest BCUT2D eigenvalue weighted by atomic mass is 9.77. The number of hydrogen-bond acceptors (Lipinski definition) is 4. The van der Waals surface area contributed by atoms with Gasteiger partial charge in [0.25, 0.3) is 0 Å². The number of para-hydroxylation sites is 2. The Hall–Kier alpha value is -2.67. The fraction of sp³-hybridized carbons (Fsp3) is 0.450. The molecule has 2 fully saturated rings. The van der Waals surface area contributed by atoms with Crippen LogP contribution >= 0.6 is 0 Å². The van der Waals surface area contributed by atoms with Crippen LogP contribution in [0.5, 0.6) is 0 Å². The highest BCUT2D eigenvalue weighted by Crippen LogP contribution is 2.42. The highest BCUT2D eigenvalue weighted by molar-refractivity contribution is 5.78. The molecule has 1 amide bonds. The van der Waals surface area contributed by atoms with Crippen LogP contribution in [0.3, 0.4) is 0 Å². The third-order valence-electron chi connectivity index (χ3n) is 6.20. The smallest absolute Gasteiger partial charge is 0.228 e. The van der Waals surface area contributed by atoms with Crippen LogP contribution in [0.4, 0.5) is 0 Å². The van der Waals surface area contributed by atoms with Gasteiger partial charge in [-0.15, -0.1) is 0 Å². The molecule has 3 aromatic rings. The van der Waals surface area contributed by atoms with Gasteiger partial charge in [0.05, 0.1) is 42.3 Å². The number of H-pyrrole nitrogens is 1. The highest BCUT2D eigenvalue weighted by Gasteiger charge is 2.43. The van der Waals surface area contributed by atoms with Crippen LogP contribution in [0.15, 0.2) is 43.1 Å². The zero-order valence-corrected chi connectivity index (χ0v) is 15.0. The molecule has 2 aromatic heterocycles. The Morgan fingerprint density at radius 1 is 1.22 bits per heavy atom. The molecule has 7 nitrogen and oxygen atoms in total. The van der Waals surface area contributed by atoms with E-state index in [2.05, 4.69) is 25.6 Å². The summed E-state index contributed by atoms with van der Waals surface area (Å²) in [6.07, 6.45) is 6.70. The molecule has 0 spiro atoms. The number of nitrogens with one attached hydrogen (secondary N) is 1. The summed E-state index contributed by atoms with van der Waals surface area (Å²) in [6, 6.07) is 8.05. The minimum atomic E-state index is -0.411. The van der Waals surface area contributed by atoms with Crippen molar-refractivity contribution in [2.75, 3.05) is 13.1 Å². The minimum Gasteiger partial charge on any atom is -0.391 e. The third kappa shape index (κ3) is 2.92. The summed E-state index contributed by atoms with van der Waals surface area (Å²) in [7, 11) is 0. The second kappa shape index (κ2) is 6.49. The standard InChI is InChI=1S/C20H23N5O2/c26-19-6-14-10-24(20(27)7-15-8-21-11-22-15)9-13(14)5-18(19)25-12-23-16-3-1-2-4-17(16)25/h1-4,8,11-14,18-19,26H,5-7,9-10H2,(H,21,22)/t13-,14+,18-,19-/m1/s1. The summed E-state index contributed by atoms with van der Waals surface area (Å²) in [5.41, 5.74) is 2.86. The van der Waals surface area contributed by atoms with E-state index in [1.807, 2.05) is 29.4 Å². The summed E-state index contributed by atoms with van der Waals surface area (Å²) in [6.45, 7) is 1.51. The molecule has 1 aromatic carbocycles. The number of imidazole rings is 2. The van der Waals surface area contributed by atoms with Crippen molar-refractivity contribution >= 4 is 16.9 Å². The zero-order valence-electron chi connectivity index (χ0n) is 15.0. The van der Waals surface area contributed by atoms with Gasteiger partial charge < -0.3 is 19.6 Å². The predicted octanol–water partition coefficient (Wildman–Crippen LogP) is 1.77. The zero-order chi connectivity index (χ0) is 18.4. The van der Waals surface area contributed by atoms with Crippen LogP contribution in [0.25, 0.3) is 11.0 Å². The SMILES string of the molecule is O=C(Cc1cnc[nH]1)N1C[C@H]2C[C@@H](n3cnc4ccccc43)[C@H](O)C[C@H]2C1. The van der Waals surface area contributed by atoms with Crippen LogP contribution in [0.2, 0.25) is 0 Å². The second-order valence-corrected chi connectivity index (χ2v) is 7.82. The van der Waals surface area contributed by atoms with Gasteiger partial charge in [0.2, 0.25) is 5.91 Å². The van der Waals surface area contributed by atoms with Crippen molar-refractivity contribution in [3.63, 3.8) is 0 Å². The number of aromatic nitrogens is 4. The van der Waals surface area contributed by atoms with Gasteiger partial charge in [0.15, 0.2) is 0 Å². The van der Waals surface area contributed by atoms with Crippen LogP contribution in [-0.4, -0.2) is 54.6 Å². The number of amides is 1. The highest BCUT2D eigenvalue weighted by atomic mass is 16.3. The molecule has 140 valence electrons. The van der Waals surface area contributed by atoms with Crippen molar-refractivity contribution in [1.29, 1.82) is 0 Å². The number of fused-ring (bicyclic) bond motifs is 2. The van der Waals surface area contributed by atoms with Gasteiger partial charge in [-0.25, -0.2) is 9.97 Å². The Labute approximate surface area is 157 Å². The normalized spacial score (nSPS) is 27.8. The molecule has 7 heteroatoms. The summed E-state index contributed by atoms with van der Waals surface area (Å²) < 4.78 is 2.12. The molecule has 27 heavy (non-hydrogen) atoms. The fourth-order valence-corrected chi connectivity index (χ4v) is 4.81. The lowest BCUT2D eigenvalue weighted by Gasteiger charge is -2.36.